The molecule has 0 radical (unpaired) electrons. The molecule has 2 saturated heterocycles. The van der Waals surface area contributed by atoms with Crippen LogP contribution in [0.25, 0.3) is 5.82 Å². The topological polar surface area (TPSA) is 49.2 Å². The van der Waals surface area contributed by atoms with E-state index in [0.29, 0.717) is 5.11 Å². The molecule has 4 aromatic rings. The summed E-state index contributed by atoms with van der Waals surface area (Å²) in [7, 11) is 0. The molecule has 3 aromatic heterocycles. The fourth-order valence-electron chi connectivity index (χ4n) is 6.03. The highest BCUT2D eigenvalue weighted by Crippen LogP contribution is 2.45. The number of hydrogen-bond acceptors (Lipinski definition) is 4. The number of hydrogen-bond donors (Lipinski definition) is 1. The zero-order valence-corrected chi connectivity index (χ0v) is 24.1. The first-order valence-corrected chi connectivity index (χ1v) is 14.4. The first-order valence-electron chi connectivity index (χ1n) is 13.6. The number of halogens is 1. The number of nitrogens with one attached hydrogen (secondary N) is 1. The highest BCUT2D eigenvalue weighted by Gasteiger charge is 2.42. The molecule has 1 aromatic carbocycles. The summed E-state index contributed by atoms with van der Waals surface area (Å²) in [6.07, 6.45) is 6.05. The van der Waals surface area contributed by atoms with Gasteiger partial charge in [-0.05, 0) is 98.9 Å². The maximum atomic E-state index is 6.96. The number of aryl methyl sites for hydroxylation is 1. The van der Waals surface area contributed by atoms with Crippen LogP contribution in [-0.4, -0.2) is 32.7 Å². The minimum atomic E-state index is -0.126. The van der Waals surface area contributed by atoms with Crippen LogP contribution < -0.4 is 15.1 Å². The second-order valence-corrected chi connectivity index (χ2v) is 11.4. The van der Waals surface area contributed by atoms with E-state index in [0.717, 1.165) is 58.3 Å². The number of thiocarbonyl (C=S) groups is 1. The summed E-state index contributed by atoms with van der Waals surface area (Å²) < 4.78 is 2.21. The predicted molar refractivity (Wildman–Crippen MR) is 163 cm³/mol. The van der Waals surface area contributed by atoms with Crippen molar-refractivity contribution in [3.8, 4) is 5.82 Å². The minimum absolute atomic E-state index is 0.117. The standard InChI is InChI=1S/C31H33ClN6S/c1-20-12-16-36(17-13-20)27-11-10-23(19-25(27)32)38-30(29(35-31(38)39)26-8-4-6-14-33-26)24-18-21(2)37(22(24)3)28-9-5-7-15-34-28/h4-11,14-15,18-20,29-30H,12-13,16-17H2,1-3H3,(H,35,39)/t29-,30-/m0/s1. The van der Waals surface area contributed by atoms with Gasteiger partial charge in [-0.25, -0.2) is 4.98 Å². The van der Waals surface area contributed by atoms with Gasteiger partial charge in [0.1, 0.15) is 5.82 Å². The number of rotatable bonds is 5. The number of pyridine rings is 2. The van der Waals surface area contributed by atoms with Gasteiger partial charge in [0.25, 0.3) is 0 Å². The third kappa shape index (κ3) is 4.79. The van der Waals surface area contributed by atoms with Gasteiger partial charge in [-0.15, -0.1) is 0 Å². The molecule has 8 heteroatoms. The molecule has 0 saturated carbocycles. The molecular weight excluding hydrogens is 524 g/mol. The van der Waals surface area contributed by atoms with Gasteiger partial charge in [-0.1, -0.05) is 30.7 Å². The molecule has 5 heterocycles. The van der Waals surface area contributed by atoms with Gasteiger partial charge in [0, 0.05) is 42.6 Å². The summed E-state index contributed by atoms with van der Waals surface area (Å²) in [6, 6.07) is 20.4. The average molecular weight is 557 g/mol. The van der Waals surface area contributed by atoms with Crippen LogP contribution in [0.3, 0.4) is 0 Å². The Bertz CT molecular complexity index is 1480. The van der Waals surface area contributed by atoms with E-state index < -0.39 is 0 Å². The second-order valence-electron chi connectivity index (χ2n) is 10.7. The molecule has 200 valence electrons. The van der Waals surface area contributed by atoms with Gasteiger partial charge < -0.3 is 19.7 Å². The van der Waals surface area contributed by atoms with Crippen molar-refractivity contribution in [1.82, 2.24) is 19.9 Å². The highest BCUT2D eigenvalue weighted by atomic mass is 35.5. The Kier molecular flexibility index (Phi) is 7.04. The van der Waals surface area contributed by atoms with Crippen LogP contribution in [0.4, 0.5) is 11.4 Å². The molecule has 0 bridgehead atoms. The van der Waals surface area contributed by atoms with Crippen molar-refractivity contribution in [1.29, 1.82) is 0 Å². The number of aromatic nitrogens is 3. The fraction of sp³-hybridized carbons (Fsp3) is 0.323. The molecule has 2 fully saturated rings. The van der Waals surface area contributed by atoms with Gasteiger partial charge in [-0.3, -0.25) is 4.98 Å². The summed E-state index contributed by atoms with van der Waals surface area (Å²) in [5.41, 5.74) is 6.42. The Morgan fingerprint density at radius 2 is 1.69 bits per heavy atom. The van der Waals surface area contributed by atoms with E-state index in [1.807, 2.05) is 42.7 Å². The number of anilines is 2. The maximum Gasteiger partial charge on any atom is 0.174 e. The van der Waals surface area contributed by atoms with Crippen LogP contribution in [0, 0.1) is 19.8 Å². The van der Waals surface area contributed by atoms with Gasteiger partial charge >= 0.3 is 0 Å². The molecule has 1 N–H and O–H groups in total. The second kappa shape index (κ2) is 10.6. The van der Waals surface area contributed by atoms with E-state index in [1.54, 1.807) is 0 Å². The average Bonchev–Trinajstić information content (AvgIpc) is 3.45. The predicted octanol–water partition coefficient (Wildman–Crippen LogP) is 6.95. The summed E-state index contributed by atoms with van der Waals surface area (Å²) >= 11 is 12.9. The Labute approximate surface area is 240 Å². The molecule has 2 atom stereocenters. The van der Waals surface area contributed by atoms with Crippen molar-refractivity contribution < 1.29 is 0 Å². The monoisotopic (exact) mass is 556 g/mol. The molecular formula is C31H33ClN6S. The van der Waals surface area contributed by atoms with E-state index >= 15 is 0 Å². The van der Waals surface area contributed by atoms with E-state index in [4.69, 9.17) is 28.8 Å². The quantitative estimate of drug-likeness (QED) is 0.268. The van der Waals surface area contributed by atoms with Crippen molar-refractivity contribution in [2.75, 3.05) is 22.9 Å². The van der Waals surface area contributed by atoms with Crippen LogP contribution in [-0.2, 0) is 0 Å². The Hall–Kier alpha value is -3.42. The largest absolute Gasteiger partial charge is 0.370 e. The SMILES string of the molecule is Cc1cc([C@H]2[C@H](c3ccccn3)NC(=S)N2c2ccc(N3CCC(C)CC3)c(Cl)c2)c(C)n1-c1ccccn1. The lowest BCUT2D eigenvalue weighted by Gasteiger charge is -2.33. The van der Waals surface area contributed by atoms with E-state index in [1.165, 1.54) is 18.4 Å². The number of nitrogens with zero attached hydrogens (tertiary/aromatic N) is 5. The molecule has 6 nitrogen and oxygen atoms in total. The van der Waals surface area contributed by atoms with E-state index in [2.05, 4.69) is 75.8 Å². The van der Waals surface area contributed by atoms with Crippen LogP contribution in [0.2, 0.25) is 5.02 Å². The summed E-state index contributed by atoms with van der Waals surface area (Å²) in [5.74, 6) is 1.66. The molecule has 39 heavy (non-hydrogen) atoms. The van der Waals surface area contributed by atoms with Crippen molar-refractivity contribution in [2.24, 2.45) is 5.92 Å². The van der Waals surface area contributed by atoms with Crippen molar-refractivity contribution >= 4 is 40.3 Å². The molecule has 2 aliphatic heterocycles. The molecule has 0 spiro atoms. The first kappa shape index (κ1) is 25.8. The molecule has 2 aliphatic rings. The van der Waals surface area contributed by atoms with Crippen molar-refractivity contribution in [3.63, 3.8) is 0 Å². The van der Waals surface area contributed by atoms with Crippen molar-refractivity contribution in [3.05, 3.63) is 101 Å². The Morgan fingerprint density at radius 3 is 2.36 bits per heavy atom. The lowest BCUT2D eigenvalue weighted by Crippen LogP contribution is -2.33. The van der Waals surface area contributed by atoms with Crippen LogP contribution in [0.15, 0.2) is 73.1 Å². The minimum Gasteiger partial charge on any atom is -0.370 e. The Morgan fingerprint density at radius 1 is 0.949 bits per heavy atom. The van der Waals surface area contributed by atoms with Crippen LogP contribution >= 0.6 is 23.8 Å². The third-order valence-electron chi connectivity index (χ3n) is 8.10. The zero-order valence-electron chi connectivity index (χ0n) is 22.5. The molecule has 6 rings (SSSR count). The summed E-state index contributed by atoms with van der Waals surface area (Å²) in [5, 5.41) is 5.00. The van der Waals surface area contributed by atoms with Gasteiger partial charge in [0.15, 0.2) is 5.11 Å². The zero-order chi connectivity index (χ0) is 27.1. The third-order valence-corrected chi connectivity index (χ3v) is 8.72. The van der Waals surface area contributed by atoms with Crippen molar-refractivity contribution in [2.45, 2.75) is 45.7 Å². The van der Waals surface area contributed by atoms with E-state index in [-0.39, 0.29) is 12.1 Å². The molecule has 0 aliphatic carbocycles. The number of piperidine rings is 1. The molecule has 0 amide bonds. The summed E-state index contributed by atoms with van der Waals surface area (Å²) in [6.45, 7) is 8.67. The lowest BCUT2D eigenvalue weighted by molar-refractivity contribution is 0.438. The van der Waals surface area contributed by atoms with Crippen LogP contribution in [0.1, 0.15) is 54.5 Å². The number of benzene rings is 1. The fourth-order valence-corrected chi connectivity index (χ4v) is 6.67. The molecule has 0 unspecified atom stereocenters. The normalized spacial score (nSPS) is 19.9. The maximum absolute atomic E-state index is 6.96. The lowest BCUT2D eigenvalue weighted by atomic mass is 9.96. The highest BCUT2D eigenvalue weighted by molar-refractivity contribution is 7.80. The van der Waals surface area contributed by atoms with Gasteiger partial charge in [0.05, 0.1) is 28.5 Å². The smallest absolute Gasteiger partial charge is 0.174 e. The summed E-state index contributed by atoms with van der Waals surface area (Å²) in [4.78, 5) is 13.9. The first-order chi connectivity index (χ1) is 18.9. The Balaban J connectivity index is 1.43. The van der Waals surface area contributed by atoms with E-state index in [9.17, 15) is 0 Å². The van der Waals surface area contributed by atoms with Crippen LogP contribution in [0.5, 0.6) is 0 Å². The van der Waals surface area contributed by atoms with Gasteiger partial charge in [0.2, 0.25) is 0 Å². The van der Waals surface area contributed by atoms with Gasteiger partial charge in [-0.2, -0.15) is 0 Å².